The lowest BCUT2D eigenvalue weighted by Crippen LogP contribution is -2.60. The summed E-state index contributed by atoms with van der Waals surface area (Å²) in [6.45, 7) is 3.81. The Balaban J connectivity index is 1.16. The van der Waals surface area contributed by atoms with Gasteiger partial charge in [0, 0.05) is 43.4 Å². The number of hydrogen-bond donors (Lipinski definition) is 1. The SMILES string of the molecule is O=C(O[C@@H]1CN(C(=O)Nc2ccccc2F)CC[C@H]1N1CCN(c2cccc(Cl)c2)CC1)c1ccc(-c2ccccc2)cc1. The smallest absolute Gasteiger partial charge is 0.338 e. The van der Waals surface area contributed by atoms with Crippen molar-refractivity contribution in [3.05, 3.63) is 120 Å². The molecule has 2 fully saturated rings. The number of anilines is 2. The number of nitrogens with one attached hydrogen (secondary N) is 1. The van der Waals surface area contributed by atoms with E-state index in [9.17, 15) is 14.0 Å². The molecule has 0 radical (unpaired) electrons. The van der Waals surface area contributed by atoms with E-state index in [0.717, 1.165) is 43.0 Å². The summed E-state index contributed by atoms with van der Waals surface area (Å²) in [4.78, 5) is 32.9. The molecule has 7 nitrogen and oxygen atoms in total. The predicted molar refractivity (Wildman–Crippen MR) is 172 cm³/mol. The largest absolute Gasteiger partial charge is 0.455 e. The normalized spacial score (nSPS) is 19.0. The van der Waals surface area contributed by atoms with Crippen LogP contribution in [0.2, 0.25) is 5.02 Å². The van der Waals surface area contributed by atoms with Crippen molar-refractivity contribution < 1.29 is 18.7 Å². The topological polar surface area (TPSA) is 65.1 Å². The van der Waals surface area contributed by atoms with Crippen LogP contribution >= 0.6 is 11.6 Å². The Kier molecular flexibility index (Phi) is 9.09. The fourth-order valence-electron chi connectivity index (χ4n) is 6.00. The van der Waals surface area contributed by atoms with Gasteiger partial charge in [0.15, 0.2) is 0 Å². The fourth-order valence-corrected chi connectivity index (χ4v) is 6.18. The molecular weight excluding hydrogens is 579 g/mol. The molecule has 0 aliphatic carbocycles. The van der Waals surface area contributed by atoms with E-state index in [4.69, 9.17) is 16.3 Å². The molecule has 9 heteroatoms. The molecule has 44 heavy (non-hydrogen) atoms. The molecule has 4 aromatic carbocycles. The van der Waals surface area contributed by atoms with E-state index in [2.05, 4.69) is 21.2 Å². The molecule has 6 rings (SSSR count). The van der Waals surface area contributed by atoms with E-state index >= 15 is 0 Å². The summed E-state index contributed by atoms with van der Waals surface area (Å²) in [5, 5.41) is 3.37. The van der Waals surface area contributed by atoms with Crippen molar-refractivity contribution in [3.8, 4) is 11.1 Å². The van der Waals surface area contributed by atoms with Crippen LogP contribution in [0.1, 0.15) is 16.8 Å². The molecule has 2 amide bonds. The van der Waals surface area contributed by atoms with Gasteiger partial charge >= 0.3 is 12.0 Å². The molecule has 0 spiro atoms. The van der Waals surface area contributed by atoms with Gasteiger partial charge in [-0.1, -0.05) is 72.3 Å². The van der Waals surface area contributed by atoms with Gasteiger partial charge in [-0.25, -0.2) is 14.0 Å². The van der Waals surface area contributed by atoms with Gasteiger partial charge in [0.25, 0.3) is 0 Å². The van der Waals surface area contributed by atoms with Crippen LogP contribution in [0.4, 0.5) is 20.6 Å². The first kappa shape index (κ1) is 29.7. The average Bonchev–Trinajstić information content (AvgIpc) is 3.06. The first-order valence-corrected chi connectivity index (χ1v) is 15.2. The highest BCUT2D eigenvalue weighted by molar-refractivity contribution is 6.30. The minimum atomic E-state index is -0.561. The molecule has 0 saturated carbocycles. The Morgan fingerprint density at radius 2 is 1.50 bits per heavy atom. The highest BCUT2D eigenvalue weighted by Gasteiger charge is 2.39. The van der Waals surface area contributed by atoms with Crippen molar-refractivity contribution in [1.82, 2.24) is 9.80 Å². The molecule has 2 aliphatic heterocycles. The number of carbonyl (C=O) groups excluding carboxylic acids is 2. The number of para-hydroxylation sites is 1. The van der Waals surface area contributed by atoms with Crippen molar-refractivity contribution in [2.75, 3.05) is 49.5 Å². The van der Waals surface area contributed by atoms with Gasteiger partial charge in [-0.3, -0.25) is 4.90 Å². The number of rotatable bonds is 6. The lowest BCUT2D eigenvalue weighted by atomic mass is 9.98. The maximum absolute atomic E-state index is 14.3. The van der Waals surface area contributed by atoms with Gasteiger partial charge < -0.3 is 19.9 Å². The molecule has 1 N–H and O–H groups in total. The zero-order valence-corrected chi connectivity index (χ0v) is 25.0. The number of halogens is 2. The van der Waals surface area contributed by atoms with E-state index in [1.165, 1.54) is 12.1 Å². The van der Waals surface area contributed by atoms with Gasteiger partial charge in [0.05, 0.1) is 23.8 Å². The molecule has 2 atom stereocenters. The molecule has 0 bridgehead atoms. The molecule has 0 unspecified atom stereocenters. The van der Waals surface area contributed by atoms with Gasteiger partial charge in [-0.05, 0) is 60.0 Å². The summed E-state index contributed by atoms with van der Waals surface area (Å²) in [6, 6.07) is 30.7. The zero-order valence-electron chi connectivity index (χ0n) is 24.2. The van der Waals surface area contributed by atoms with Crippen LogP contribution in [-0.2, 0) is 4.74 Å². The number of piperazine rings is 1. The number of ether oxygens (including phenoxy) is 1. The quantitative estimate of drug-likeness (QED) is 0.243. The Morgan fingerprint density at radius 3 is 2.23 bits per heavy atom. The van der Waals surface area contributed by atoms with E-state index in [-0.39, 0.29) is 18.3 Å². The van der Waals surface area contributed by atoms with E-state index < -0.39 is 23.9 Å². The van der Waals surface area contributed by atoms with Crippen molar-refractivity contribution >= 4 is 35.0 Å². The van der Waals surface area contributed by atoms with Crippen molar-refractivity contribution in [3.63, 3.8) is 0 Å². The minimum absolute atomic E-state index is 0.0680. The predicted octanol–water partition coefficient (Wildman–Crippen LogP) is 6.80. The molecule has 0 aromatic heterocycles. The number of nitrogens with zero attached hydrogens (tertiary/aromatic N) is 3. The molecule has 4 aromatic rings. The average molecular weight is 613 g/mol. The van der Waals surface area contributed by atoms with Crippen LogP contribution in [0.15, 0.2) is 103 Å². The second-order valence-electron chi connectivity index (χ2n) is 11.1. The second kappa shape index (κ2) is 13.5. The van der Waals surface area contributed by atoms with E-state index in [1.807, 2.05) is 60.7 Å². The number of carbonyl (C=O) groups is 2. The number of urea groups is 1. The number of hydrogen-bond acceptors (Lipinski definition) is 5. The van der Waals surface area contributed by atoms with Gasteiger partial charge in [-0.15, -0.1) is 0 Å². The van der Waals surface area contributed by atoms with E-state index in [1.54, 1.807) is 29.2 Å². The van der Waals surface area contributed by atoms with Gasteiger partial charge in [0.1, 0.15) is 11.9 Å². The third-order valence-corrected chi connectivity index (χ3v) is 8.60. The summed E-state index contributed by atoms with van der Waals surface area (Å²) in [5.41, 5.74) is 3.71. The molecular formula is C35H34ClFN4O3. The number of esters is 1. The van der Waals surface area contributed by atoms with Crippen LogP contribution < -0.4 is 10.2 Å². The standard InChI is InChI=1S/C35H34ClFN4O3/c36-28-9-6-10-29(23-28)39-19-21-40(22-20-39)32-17-18-41(35(43)38-31-12-5-4-11-30(31)37)24-33(32)44-34(42)27-15-13-26(14-16-27)25-7-2-1-3-8-25/h1-16,23,32-33H,17-22,24H2,(H,38,43)/t32-,33-/m1/s1. The number of amides is 2. The summed E-state index contributed by atoms with van der Waals surface area (Å²) in [6.07, 6.45) is 0.0568. The fraction of sp³-hybridized carbons (Fsp3) is 0.257. The maximum Gasteiger partial charge on any atom is 0.338 e. The lowest BCUT2D eigenvalue weighted by Gasteiger charge is -2.46. The maximum atomic E-state index is 14.3. The zero-order chi connectivity index (χ0) is 30.5. The molecule has 2 heterocycles. The van der Waals surface area contributed by atoms with Crippen molar-refractivity contribution in [1.29, 1.82) is 0 Å². The van der Waals surface area contributed by atoms with Crippen molar-refractivity contribution in [2.45, 2.75) is 18.6 Å². The summed E-state index contributed by atoms with van der Waals surface area (Å²) in [5.74, 6) is -0.941. The number of benzene rings is 4. The summed E-state index contributed by atoms with van der Waals surface area (Å²) in [7, 11) is 0. The number of likely N-dealkylation sites (tertiary alicyclic amines) is 1. The third kappa shape index (κ3) is 6.87. The Morgan fingerprint density at radius 1 is 0.795 bits per heavy atom. The lowest BCUT2D eigenvalue weighted by molar-refractivity contribution is -0.0302. The van der Waals surface area contributed by atoms with Crippen LogP contribution in [0.5, 0.6) is 0 Å². The van der Waals surface area contributed by atoms with Crippen LogP contribution in [0, 0.1) is 5.82 Å². The van der Waals surface area contributed by atoms with Gasteiger partial charge in [0.2, 0.25) is 0 Å². The Labute approximate surface area is 261 Å². The third-order valence-electron chi connectivity index (χ3n) is 8.37. The summed E-state index contributed by atoms with van der Waals surface area (Å²) >= 11 is 6.23. The van der Waals surface area contributed by atoms with Gasteiger partial charge in [-0.2, -0.15) is 0 Å². The Bertz CT molecular complexity index is 1600. The highest BCUT2D eigenvalue weighted by atomic mass is 35.5. The minimum Gasteiger partial charge on any atom is -0.455 e. The Hall–Kier alpha value is -4.40. The highest BCUT2D eigenvalue weighted by Crippen LogP contribution is 2.27. The first-order chi connectivity index (χ1) is 21.4. The van der Waals surface area contributed by atoms with E-state index in [0.29, 0.717) is 23.6 Å². The molecule has 226 valence electrons. The van der Waals surface area contributed by atoms with Crippen LogP contribution in [0.25, 0.3) is 11.1 Å². The van der Waals surface area contributed by atoms with Crippen molar-refractivity contribution in [2.24, 2.45) is 0 Å². The summed E-state index contributed by atoms with van der Waals surface area (Å²) < 4.78 is 20.4. The molecule has 2 saturated heterocycles. The van der Waals surface area contributed by atoms with Crippen LogP contribution in [-0.4, -0.2) is 73.2 Å². The molecule has 2 aliphatic rings. The number of piperidine rings is 1. The first-order valence-electron chi connectivity index (χ1n) is 14.9. The van der Waals surface area contributed by atoms with Crippen LogP contribution in [0.3, 0.4) is 0 Å². The monoisotopic (exact) mass is 612 g/mol. The second-order valence-corrected chi connectivity index (χ2v) is 11.5.